The number of esters is 1. The van der Waals surface area contributed by atoms with Crippen molar-refractivity contribution in [2.24, 2.45) is 0 Å². The zero-order valence-electron chi connectivity index (χ0n) is 18.3. The van der Waals surface area contributed by atoms with E-state index in [1.165, 1.54) is 7.11 Å². The molecule has 0 radical (unpaired) electrons. The average Bonchev–Trinajstić information content (AvgIpc) is 2.86. The van der Waals surface area contributed by atoms with Crippen molar-refractivity contribution >= 4 is 17.6 Å². The molecule has 0 unspecified atom stereocenters. The molecule has 0 atom stereocenters. The Morgan fingerprint density at radius 1 is 0.781 bits per heavy atom. The van der Waals surface area contributed by atoms with E-state index in [0.717, 1.165) is 22.6 Å². The van der Waals surface area contributed by atoms with E-state index in [0.29, 0.717) is 11.3 Å². The summed E-state index contributed by atoms with van der Waals surface area (Å²) in [5.74, 6) is 0.758. The fourth-order valence-electron chi connectivity index (χ4n) is 3.26. The molecule has 0 aromatic heterocycles. The number of benzene rings is 3. The van der Waals surface area contributed by atoms with Gasteiger partial charge in [-0.1, -0.05) is 36.4 Å². The highest BCUT2D eigenvalue weighted by Gasteiger charge is 2.18. The smallest absolute Gasteiger partial charge is 0.339 e. The van der Waals surface area contributed by atoms with Crippen LogP contribution in [0.15, 0.2) is 72.8 Å². The summed E-state index contributed by atoms with van der Waals surface area (Å²) >= 11 is 0. The summed E-state index contributed by atoms with van der Waals surface area (Å²) in [6, 6.07) is 21.6. The molecule has 1 amide bonds. The van der Waals surface area contributed by atoms with Crippen LogP contribution >= 0.6 is 0 Å². The Bertz CT molecular complexity index is 1000. The molecule has 0 heterocycles. The maximum absolute atomic E-state index is 12.8. The maximum atomic E-state index is 12.8. The fourth-order valence-corrected chi connectivity index (χ4v) is 3.26. The second-order valence-corrected chi connectivity index (χ2v) is 6.94. The van der Waals surface area contributed by atoms with Crippen LogP contribution in [0.3, 0.4) is 0 Å². The second-order valence-electron chi connectivity index (χ2n) is 6.94. The molecule has 0 bridgehead atoms. The predicted octanol–water partition coefficient (Wildman–Crippen LogP) is 3.81. The number of nitrogens with one attached hydrogen (secondary N) is 2. The topological polar surface area (TPSA) is 85.9 Å². The molecule has 32 heavy (non-hydrogen) atoms. The molecular weight excluding hydrogens is 408 g/mol. The van der Waals surface area contributed by atoms with Gasteiger partial charge in [0.25, 0.3) is 0 Å². The Morgan fingerprint density at radius 3 is 1.81 bits per heavy atom. The molecule has 0 aliphatic carbocycles. The monoisotopic (exact) mass is 434 g/mol. The number of anilines is 1. The summed E-state index contributed by atoms with van der Waals surface area (Å²) in [6.45, 7) is -0.0170. The number of ether oxygens (including phenoxy) is 3. The lowest BCUT2D eigenvalue weighted by atomic mass is 9.98. The Hall–Kier alpha value is -4.00. The Kier molecular flexibility index (Phi) is 7.70. The van der Waals surface area contributed by atoms with Gasteiger partial charge in [0.2, 0.25) is 5.91 Å². The standard InChI is InChI=1S/C25H26N2O5/c1-30-19-12-8-17(9-13-19)24(18-10-14-20(31-2)15-11-18)27-23(28)16-26-22-7-5-4-6-21(22)25(29)32-3/h4-15,24,26H,16H2,1-3H3,(H,27,28). The minimum atomic E-state index is -0.470. The van der Waals surface area contributed by atoms with Gasteiger partial charge in [-0.2, -0.15) is 0 Å². The van der Waals surface area contributed by atoms with Crippen LogP contribution in [0.5, 0.6) is 11.5 Å². The third-order valence-corrected chi connectivity index (χ3v) is 4.98. The number of carbonyl (C=O) groups excluding carboxylic acids is 2. The molecule has 0 spiro atoms. The van der Waals surface area contributed by atoms with E-state index in [9.17, 15) is 9.59 Å². The van der Waals surface area contributed by atoms with Gasteiger partial charge in [-0.3, -0.25) is 4.79 Å². The molecule has 166 valence electrons. The van der Waals surface area contributed by atoms with Crippen molar-refractivity contribution in [3.05, 3.63) is 89.5 Å². The van der Waals surface area contributed by atoms with E-state index in [1.54, 1.807) is 38.5 Å². The SMILES string of the molecule is COC(=O)c1ccccc1NCC(=O)NC(c1ccc(OC)cc1)c1ccc(OC)cc1. The molecule has 0 aliphatic rings. The summed E-state index contributed by atoms with van der Waals surface area (Å²) in [6.07, 6.45) is 0. The van der Waals surface area contributed by atoms with Gasteiger partial charge in [0, 0.05) is 5.69 Å². The van der Waals surface area contributed by atoms with E-state index in [1.807, 2.05) is 48.5 Å². The van der Waals surface area contributed by atoms with Gasteiger partial charge in [-0.15, -0.1) is 0 Å². The van der Waals surface area contributed by atoms with Crippen molar-refractivity contribution in [3.8, 4) is 11.5 Å². The number of para-hydroxylation sites is 1. The highest BCUT2D eigenvalue weighted by molar-refractivity contribution is 5.96. The molecule has 0 saturated carbocycles. The van der Waals surface area contributed by atoms with Gasteiger partial charge in [0.15, 0.2) is 0 Å². The lowest BCUT2D eigenvalue weighted by Gasteiger charge is -2.21. The minimum Gasteiger partial charge on any atom is -0.497 e. The van der Waals surface area contributed by atoms with Crippen molar-refractivity contribution in [2.45, 2.75) is 6.04 Å². The van der Waals surface area contributed by atoms with Gasteiger partial charge < -0.3 is 24.8 Å². The Labute approximate surface area is 187 Å². The second kappa shape index (κ2) is 10.9. The lowest BCUT2D eigenvalue weighted by molar-refractivity contribution is -0.119. The summed E-state index contributed by atoms with van der Waals surface area (Å²) in [7, 11) is 4.53. The lowest BCUT2D eigenvalue weighted by Crippen LogP contribution is -2.34. The number of amides is 1. The molecule has 0 aliphatic heterocycles. The first-order chi connectivity index (χ1) is 15.5. The van der Waals surface area contributed by atoms with E-state index in [2.05, 4.69) is 10.6 Å². The highest BCUT2D eigenvalue weighted by atomic mass is 16.5. The van der Waals surface area contributed by atoms with Gasteiger partial charge in [-0.25, -0.2) is 4.79 Å². The molecule has 7 nitrogen and oxygen atoms in total. The van der Waals surface area contributed by atoms with Crippen LogP contribution < -0.4 is 20.1 Å². The van der Waals surface area contributed by atoms with Gasteiger partial charge in [0.05, 0.1) is 39.5 Å². The van der Waals surface area contributed by atoms with E-state index >= 15 is 0 Å². The van der Waals surface area contributed by atoms with Crippen LogP contribution in [-0.2, 0) is 9.53 Å². The maximum Gasteiger partial charge on any atom is 0.339 e. The van der Waals surface area contributed by atoms with Crippen molar-refractivity contribution in [2.75, 3.05) is 33.2 Å². The van der Waals surface area contributed by atoms with Crippen LogP contribution in [0.1, 0.15) is 27.5 Å². The number of hydrogen-bond acceptors (Lipinski definition) is 6. The van der Waals surface area contributed by atoms with Crippen molar-refractivity contribution in [3.63, 3.8) is 0 Å². The molecular formula is C25H26N2O5. The van der Waals surface area contributed by atoms with Crippen molar-refractivity contribution in [1.29, 1.82) is 0 Å². The average molecular weight is 434 g/mol. The Balaban J connectivity index is 1.78. The van der Waals surface area contributed by atoms with Crippen LogP contribution in [0, 0.1) is 0 Å². The van der Waals surface area contributed by atoms with Crippen LogP contribution in [0.25, 0.3) is 0 Å². The normalized spacial score (nSPS) is 10.4. The van der Waals surface area contributed by atoms with Gasteiger partial charge >= 0.3 is 5.97 Å². The van der Waals surface area contributed by atoms with E-state index in [4.69, 9.17) is 14.2 Å². The molecule has 7 heteroatoms. The van der Waals surface area contributed by atoms with Crippen LogP contribution in [0.2, 0.25) is 0 Å². The first-order valence-corrected chi connectivity index (χ1v) is 10.0. The van der Waals surface area contributed by atoms with Crippen molar-refractivity contribution in [1.82, 2.24) is 5.32 Å². The fraction of sp³-hybridized carbons (Fsp3) is 0.200. The number of rotatable bonds is 9. The molecule has 2 N–H and O–H groups in total. The zero-order valence-corrected chi connectivity index (χ0v) is 18.3. The van der Waals surface area contributed by atoms with Crippen LogP contribution in [0.4, 0.5) is 5.69 Å². The van der Waals surface area contributed by atoms with E-state index < -0.39 is 5.97 Å². The van der Waals surface area contributed by atoms with Gasteiger partial charge in [-0.05, 0) is 47.5 Å². The Morgan fingerprint density at radius 2 is 1.31 bits per heavy atom. The van der Waals surface area contributed by atoms with Crippen molar-refractivity contribution < 1.29 is 23.8 Å². The molecule has 3 aromatic carbocycles. The summed E-state index contributed by atoms with van der Waals surface area (Å²) < 4.78 is 15.3. The third kappa shape index (κ3) is 5.57. The molecule has 0 saturated heterocycles. The quantitative estimate of drug-likeness (QED) is 0.498. The van der Waals surface area contributed by atoms with E-state index in [-0.39, 0.29) is 18.5 Å². The van der Waals surface area contributed by atoms with Gasteiger partial charge in [0.1, 0.15) is 11.5 Å². The minimum absolute atomic E-state index is 0.0170. The predicted molar refractivity (Wildman–Crippen MR) is 122 cm³/mol. The third-order valence-electron chi connectivity index (χ3n) is 4.98. The number of carbonyl (C=O) groups is 2. The van der Waals surface area contributed by atoms with Crippen LogP contribution in [-0.4, -0.2) is 39.8 Å². The largest absolute Gasteiger partial charge is 0.497 e. The first-order valence-electron chi connectivity index (χ1n) is 10.0. The highest BCUT2D eigenvalue weighted by Crippen LogP contribution is 2.26. The first kappa shape index (κ1) is 22.7. The molecule has 3 rings (SSSR count). The zero-order chi connectivity index (χ0) is 22.9. The molecule has 3 aromatic rings. The summed E-state index contributed by atoms with van der Waals surface area (Å²) in [5, 5.41) is 6.08. The summed E-state index contributed by atoms with van der Waals surface area (Å²) in [5.41, 5.74) is 2.70. The molecule has 0 fully saturated rings. The number of hydrogen-bond donors (Lipinski definition) is 2. The summed E-state index contributed by atoms with van der Waals surface area (Å²) in [4.78, 5) is 24.8. The number of methoxy groups -OCH3 is 3.